The van der Waals surface area contributed by atoms with Gasteiger partial charge in [0.2, 0.25) is 0 Å². The zero-order chi connectivity index (χ0) is 10.1. The maximum Gasteiger partial charge on any atom is 0.316 e. The van der Waals surface area contributed by atoms with Crippen LogP contribution >= 0.6 is 0 Å². The van der Waals surface area contributed by atoms with Crippen LogP contribution in [0.5, 0.6) is 0 Å². The topological polar surface area (TPSA) is 43.4 Å². The lowest BCUT2D eigenvalue weighted by molar-refractivity contribution is -0.151. The molecule has 0 aliphatic heterocycles. The van der Waals surface area contributed by atoms with Gasteiger partial charge in [0.1, 0.15) is 5.92 Å². The van der Waals surface area contributed by atoms with Crippen molar-refractivity contribution >= 4 is 11.8 Å². The van der Waals surface area contributed by atoms with E-state index in [1.165, 1.54) is 0 Å². The Morgan fingerprint density at radius 2 is 2.23 bits per heavy atom. The molecule has 0 amide bonds. The smallest absolute Gasteiger partial charge is 0.316 e. The van der Waals surface area contributed by atoms with Crippen LogP contribution in [0.15, 0.2) is 0 Å². The van der Waals surface area contributed by atoms with Gasteiger partial charge >= 0.3 is 5.97 Å². The Labute approximate surface area is 78.5 Å². The summed E-state index contributed by atoms with van der Waals surface area (Å²) in [4.78, 5) is 22.9. The van der Waals surface area contributed by atoms with E-state index >= 15 is 0 Å². The molecule has 3 heteroatoms. The molecule has 1 rings (SSSR count). The highest BCUT2D eigenvalue weighted by Crippen LogP contribution is 2.37. The highest BCUT2D eigenvalue weighted by molar-refractivity contribution is 6.03. The second kappa shape index (κ2) is 3.48. The van der Waals surface area contributed by atoms with Crippen LogP contribution < -0.4 is 0 Å². The third-order valence-corrected chi connectivity index (χ3v) is 2.61. The molecule has 74 valence electrons. The maximum absolute atomic E-state index is 11.6. The number of hydrogen-bond donors (Lipinski definition) is 0. The number of Topliss-reactive ketones (excluding diaryl/α,β-unsaturated/α-hetero) is 1. The van der Waals surface area contributed by atoms with Crippen molar-refractivity contribution < 1.29 is 14.3 Å². The standard InChI is InChI=1S/C10H16O3/c1-4-13-9(12)7-5-6-10(2,3)8(7)11/h7H,4-6H2,1-3H3. The minimum atomic E-state index is -0.505. The van der Waals surface area contributed by atoms with Crippen molar-refractivity contribution in [1.82, 2.24) is 0 Å². The monoisotopic (exact) mass is 184 g/mol. The number of rotatable bonds is 2. The van der Waals surface area contributed by atoms with Crippen LogP contribution in [0.25, 0.3) is 0 Å². The van der Waals surface area contributed by atoms with E-state index in [-0.39, 0.29) is 17.2 Å². The maximum atomic E-state index is 11.6. The predicted molar refractivity (Wildman–Crippen MR) is 48.1 cm³/mol. The first-order valence-corrected chi connectivity index (χ1v) is 4.70. The van der Waals surface area contributed by atoms with Crippen LogP contribution in [0.2, 0.25) is 0 Å². The highest BCUT2D eigenvalue weighted by atomic mass is 16.5. The molecular formula is C10H16O3. The quantitative estimate of drug-likeness (QED) is 0.483. The summed E-state index contributed by atoms with van der Waals surface area (Å²) < 4.78 is 4.83. The molecule has 1 saturated carbocycles. The Morgan fingerprint density at radius 3 is 2.62 bits per heavy atom. The molecule has 1 fully saturated rings. The average molecular weight is 184 g/mol. The van der Waals surface area contributed by atoms with E-state index in [1.807, 2.05) is 13.8 Å². The van der Waals surface area contributed by atoms with Gasteiger partial charge in [0.15, 0.2) is 5.78 Å². The van der Waals surface area contributed by atoms with E-state index in [0.717, 1.165) is 6.42 Å². The summed E-state index contributed by atoms with van der Waals surface area (Å²) in [5.41, 5.74) is -0.336. The molecule has 0 aromatic rings. The summed E-state index contributed by atoms with van der Waals surface area (Å²) in [6, 6.07) is 0. The predicted octanol–water partition coefficient (Wildman–Crippen LogP) is 1.55. The van der Waals surface area contributed by atoms with Crippen molar-refractivity contribution in [3.05, 3.63) is 0 Å². The van der Waals surface area contributed by atoms with E-state index in [1.54, 1.807) is 6.92 Å². The molecular weight excluding hydrogens is 168 g/mol. The number of ketones is 1. The van der Waals surface area contributed by atoms with E-state index in [0.29, 0.717) is 13.0 Å². The molecule has 0 aromatic carbocycles. The molecule has 1 atom stereocenters. The molecule has 13 heavy (non-hydrogen) atoms. The summed E-state index contributed by atoms with van der Waals surface area (Å²) >= 11 is 0. The normalized spacial score (nSPS) is 26.1. The summed E-state index contributed by atoms with van der Waals surface area (Å²) in [6.07, 6.45) is 1.43. The zero-order valence-electron chi connectivity index (χ0n) is 8.42. The third-order valence-electron chi connectivity index (χ3n) is 2.61. The number of carbonyl (C=O) groups excluding carboxylic acids is 2. The Morgan fingerprint density at radius 1 is 1.62 bits per heavy atom. The van der Waals surface area contributed by atoms with E-state index in [9.17, 15) is 9.59 Å². The first-order chi connectivity index (χ1) is 5.99. The molecule has 0 N–H and O–H groups in total. The SMILES string of the molecule is CCOC(=O)C1CCC(C)(C)C1=O. The lowest BCUT2D eigenvalue weighted by Crippen LogP contribution is -2.28. The molecule has 3 nitrogen and oxygen atoms in total. The van der Waals surface area contributed by atoms with Crippen LogP contribution in [-0.4, -0.2) is 18.4 Å². The van der Waals surface area contributed by atoms with Gasteiger partial charge < -0.3 is 4.74 Å². The van der Waals surface area contributed by atoms with Gasteiger partial charge in [-0.3, -0.25) is 9.59 Å². The second-order valence-electron chi connectivity index (χ2n) is 4.09. The van der Waals surface area contributed by atoms with Crippen molar-refractivity contribution in [2.75, 3.05) is 6.61 Å². The Balaban J connectivity index is 2.65. The lowest BCUT2D eigenvalue weighted by atomic mass is 9.89. The van der Waals surface area contributed by atoms with Crippen molar-refractivity contribution in [3.63, 3.8) is 0 Å². The summed E-state index contributed by atoms with van der Waals surface area (Å²) in [6.45, 7) is 5.87. The van der Waals surface area contributed by atoms with Crippen LogP contribution in [-0.2, 0) is 14.3 Å². The molecule has 1 aliphatic carbocycles. The van der Waals surface area contributed by atoms with Gasteiger partial charge in [0.05, 0.1) is 6.61 Å². The van der Waals surface area contributed by atoms with Crippen molar-refractivity contribution in [2.24, 2.45) is 11.3 Å². The minimum absolute atomic E-state index is 0.0333. The van der Waals surface area contributed by atoms with Gasteiger partial charge in [-0.05, 0) is 19.8 Å². The fourth-order valence-corrected chi connectivity index (χ4v) is 1.70. The minimum Gasteiger partial charge on any atom is -0.465 e. The van der Waals surface area contributed by atoms with Crippen LogP contribution in [0.4, 0.5) is 0 Å². The molecule has 1 unspecified atom stereocenters. The summed E-state index contributed by atoms with van der Waals surface area (Å²) in [5.74, 6) is -0.820. The Hall–Kier alpha value is -0.860. The summed E-state index contributed by atoms with van der Waals surface area (Å²) in [5, 5.41) is 0. The first kappa shape index (κ1) is 10.2. The van der Waals surface area contributed by atoms with E-state index in [2.05, 4.69) is 0 Å². The third kappa shape index (κ3) is 1.90. The number of ether oxygens (including phenoxy) is 1. The van der Waals surface area contributed by atoms with Gasteiger partial charge in [-0.1, -0.05) is 13.8 Å². The van der Waals surface area contributed by atoms with Gasteiger partial charge in [-0.2, -0.15) is 0 Å². The second-order valence-corrected chi connectivity index (χ2v) is 4.09. The van der Waals surface area contributed by atoms with Crippen LogP contribution in [0.1, 0.15) is 33.6 Å². The molecule has 0 saturated heterocycles. The van der Waals surface area contributed by atoms with E-state index in [4.69, 9.17) is 4.74 Å². The number of carbonyl (C=O) groups is 2. The fourth-order valence-electron chi connectivity index (χ4n) is 1.70. The fraction of sp³-hybridized carbons (Fsp3) is 0.800. The lowest BCUT2D eigenvalue weighted by Gasteiger charge is -2.14. The molecule has 1 aliphatic rings. The van der Waals surface area contributed by atoms with Gasteiger partial charge in [0, 0.05) is 5.41 Å². The summed E-state index contributed by atoms with van der Waals surface area (Å²) in [7, 11) is 0. The highest BCUT2D eigenvalue weighted by Gasteiger charge is 2.44. The van der Waals surface area contributed by atoms with Crippen LogP contribution in [0.3, 0.4) is 0 Å². The van der Waals surface area contributed by atoms with Gasteiger partial charge in [-0.15, -0.1) is 0 Å². The van der Waals surface area contributed by atoms with E-state index < -0.39 is 5.92 Å². The van der Waals surface area contributed by atoms with Crippen molar-refractivity contribution in [1.29, 1.82) is 0 Å². The number of esters is 1. The first-order valence-electron chi connectivity index (χ1n) is 4.70. The Bertz CT molecular complexity index is 230. The van der Waals surface area contributed by atoms with Crippen LogP contribution in [0, 0.1) is 11.3 Å². The molecule has 0 radical (unpaired) electrons. The Kier molecular flexibility index (Phi) is 2.74. The molecule has 0 heterocycles. The molecule has 0 bridgehead atoms. The zero-order valence-corrected chi connectivity index (χ0v) is 8.42. The van der Waals surface area contributed by atoms with Gasteiger partial charge in [-0.25, -0.2) is 0 Å². The van der Waals surface area contributed by atoms with Crippen molar-refractivity contribution in [2.45, 2.75) is 33.6 Å². The molecule has 0 aromatic heterocycles. The average Bonchev–Trinajstić information content (AvgIpc) is 2.28. The molecule has 0 spiro atoms. The largest absolute Gasteiger partial charge is 0.465 e. The van der Waals surface area contributed by atoms with Crippen molar-refractivity contribution in [3.8, 4) is 0 Å². The number of hydrogen-bond acceptors (Lipinski definition) is 3. The van der Waals surface area contributed by atoms with Gasteiger partial charge in [0.25, 0.3) is 0 Å².